The van der Waals surface area contributed by atoms with Gasteiger partial charge < -0.3 is 9.47 Å². The molecule has 0 fully saturated rings. The first-order valence-corrected chi connectivity index (χ1v) is 12.5. The molecule has 180 valence electrons. The van der Waals surface area contributed by atoms with Crippen LogP contribution in [-0.2, 0) is 9.53 Å². The van der Waals surface area contributed by atoms with E-state index in [1.807, 2.05) is 50.3 Å². The first-order valence-electron chi connectivity index (χ1n) is 12.5. The van der Waals surface area contributed by atoms with Gasteiger partial charge in [-0.2, -0.15) is 0 Å². The fourth-order valence-corrected chi connectivity index (χ4v) is 3.47. The Balaban J connectivity index is 1.72. The molecule has 0 spiro atoms. The predicted octanol–water partition coefficient (Wildman–Crippen LogP) is 7.41. The third kappa shape index (κ3) is 11.1. The Bertz CT molecular complexity index is 816. The molecular weight excluding hydrogens is 412 g/mol. The van der Waals surface area contributed by atoms with Crippen molar-refractivity contribution in [1.82, 2.24) is 9.97 Å². The highest BCUT2D eigenvalue weighted by Crippen LogP contribution is 2.18. The van der Waals surface area contributed by atoms with Crippen molar-refractivity contribution in [2.45, 2.75) is 91.1 Å². The molecule has 33 heavy (non-hydrogen) atoms. The SMILES string of the molecule is CCCCCCCCCCOc1cnc(-c2ccc(C=CC(C)OC(=O)CCC)cc2)nc1. The Morgan fingerprint density at radius 3 is 2.18 bits per heavy atom. The lowest BCUT2D eigenvalue weighted by Crippen LogP contribution is -2.11. The summed E-state index contributed by atoms with van der Waals surface area (Å²) < 4.78 is 11.1. The summed E-state index contributed by atoms with van der Waals surface area (Å²) in [7, 11) is 0. The number of hydrogen-bond acceptors (Lipinski definition) is 5. The second-order valence-corrected chi connectivity index (χ2v) is 8.49. The van der Waals surface area contributed by atoms with Crippen LogP contribution in [-0.4, -0.2) is 28.6 Å². The van der Waals surface area contributed by atoms with Crippen LogP contribution in [0.1, 0.15) is 90.5 Å². The number of unbranched alkanes of at least 4 members (excludes halogenated alkanes) is 7. The van der Waals surface area contributed by atoms with E-state index in [0.29, 0.717) is 24.6 Å². The number of benzene rings is 1. The molecule has 5 nitrogen and oxygen atoms in total. The molecule has 0 saturated carbocycles. The third-order valence-corrected chi connectivity index (χ3v) is 5.39. The Morgan fingerprint density at radius 2 is 1.55 bits per heavy atom. The lowest BCUT2D eigenvalue weighted by atomic mass is 10.1. The molecule has 5 heteroatoms. The van der Waals surface area contributed by atoms with Crippen molar-refractivity contribution in [3.05, 3.63) is 48.3 Å². The molecule has 0 radical (unpaired) electrons. The van der Waals surface area contributed by atoms with Gasteiger partial charge in [-0.3, -0.25) is 4.79 Å². The van der Waals surface area contributed by atoms with E-state index >= 15 is 0 Å². The summed E-state index contributed by atoms with van der Waals surface area (Å²) in [6.45, 7) is 6.79. The van der Waals surface area contributed by atoms with E-state index < -0.39 is 0 Å². The quantitative estimate of drug-likeness (QED) is 0.196. The fraction of sp³-hybridized carbons (Fsp3) is 0.536. The number of nitrogens with zero attached hydrogens (tertiary/aromatic N) is 2. The first-order chi connectivity index (χ1) is 16.1. The topological polar surface area (TPSA) is 61.3 Å². The standard InChI is InChI=1S/C28H40N2O3/c1-4-6-7-8-9-10-11-12-20-32-26-21-29-28(30-22-26)25-18-16-24(17-19-25)15-14-23(3)33-27(31)13-5-2/h14-19,21-23H,4-13,20H2,1-3H3. The van der Waals surface area contributed by atoms with E-state index in [-0.39, 0.29) is 12.1 Å². The average molecular weight is 453 g/mol. The highest BCUT2D eigenvalue weighted by Gasteiger charge is 2.06. The van der Waals surface area contributed by atoms with Crippen molar-refractivity contribution in [1.29, 1.82) is 0 Å². The summed E-state index contributed by atoms with van der Waals surface area (Å²) in [6, 6.07) is 7.98. The molecule has 0 N–H and O–H groups in total. The molecule has 1 aromatic heterocycles. The zero-order valence-electron chi connectivity index (χ0n) is 20.6. The summed E-state index contributed by atoms with van der Waals surface area (Å²) in [5.41, 5.74) is 1.98. The number of carbonyl (C=O) groups excluding carboxylic acids is 1. The van der Waals surface area contributed by atoms with Gasteiger partial charge in [0.15, 0.2) is 11.6 Å². The predicted molar refractivity (Wildman–Crippen MR) is 135 cm³/mol. The number of ether oxygens (including phenoxy) is 2. The highest BCUT2D eigenvalue weighted by molar-refractivity contribution is 5.69. The van der Waals surface area contributed by atoms with E-state index in [9.17, 15) is 4.79 Å². The number of esters is 1. The van der Waals surface area contributed by atoms with Crippen LogP contribution in [0.15, 0.2) is 42.7 Å². The van der Waals surface area contributed by atoms with Gasteiger partial charge in [0, 0.05) is 12.0 Å². The molecule has 0 aliphatic rings. The summed E-state index contributed by atoms with van der Waals surface area (Å²) in [5.74, 6) is 1.23. The van der Waals surface area contributed by atoms with E-state index in [0.717, 1.165) is 24.0 Å². The van der Waals surface area contributed by atoms with Crippen LogP contribution < -0.4 is 4.74 Å². The Hall–Kier alpha value is -2.69. The maximum atomic E-state index is 11.6. The smallest absolute Gasteiger partial charge is 0.306 e. The summed E-state index contributed by atoms with van der Waals surface area (Å²) in [6.07, 6.45) is 18.6. The molecule has 0 saturated heterocycles. The lowest BCUT2D eigenvalue weighted by Gasteiger charge is -2.08. The van der Waals surface area contributed by atoms with Crippen molar-refractivity contribution in [3.63, 3.8) is 0 Å². The molecule has 1 heterocycles. The van der Waals surface area contributed by atoms with E-state index in [1.165, 1.54) is 44.9 Å². The van der Waals surface area contributed by atoms with Crippen LogP contribution in [0.5, 0.6) is 5.75 Å². The third-order valence-electron chi connectivity index (χ3n) is 5.39. The summed E-state index contributed by atoms with van der Waals surface area (Å²) >= 11 is 0. The van der Waals surface area contributed by atoms with Gasteiger partial charge in [0.1, 0.15) is 6.10 Å². The lowest BCUT2D eigenvalue weighted by molar-refractivity contribution is -0.146. The van der Waals surface area contributed by atoms with Crippen molar-refractivity contribution in [2.24, 2.45) is 0 Å². The minimum atomic E-state index is -0.245. The van der Waals surface area contributed by atoms with Gasteiger partial charge >= 0.3 is 5.97 Å². The van der Waals surface area contributed by atoms with Gasteiger partial charge in [0.2, 0.25) is 0 Å². The van der Waals surface area contributed by atoms with Crippen LogP contribution in [0.2, 0.25) is 0 Å². The summed E-state index contributed by atoms with van der Waals surface area (Å²) in [5, 5.41) is 0. The van der Waals surface area contributed by atoms with Crippen LogP contribution in [0.4, 0.5) is 0 Å². The van der Waals surface area contributed by atoms with Gasteiger partial charge in [0.25, 0.3) is 0 Å². The second kappa shape index (κ2) is 16.0. The number of aromatic nitrogens is 2. The van der Waals surface area contributed by atoms with Gasteiger partial charge in [0.05, 0.1) is 19.0 Å². The molecule has 2 rings (SSSR count). The molecule has 0 bridgehead atoms. The van der Waals surface area contributed by atoms with Gasteiger partial charge in [-0.05, 0) is 31.4 Å². The maximum absolute atomic E-state index is 11.6. The zero-order valence-corrected chi connectivity index (χ0v) is 20.6. The molecule has 1 unspecified atom stereocenters. The van der Waals surface area contributed by atoms with Crippen molar-refractivity contribution in [2.75, 3.05) is 6.61 Å². The fourth-order valence-electron chi connectivity index (χ4n) is 3.47. The normalized spacial score (nSPS) is 12.1. The van der Waals surface area contributed by atoms with E-state index in [4.69, 9.17) is 9.47 Å². The molecule has 0 aliphatic carbocycles. The Labute approximate surface area is 199 Å². The summed E-state index contributed by atoms with van der Waals surface area (Å²) in [4.78, 5) is 20.4. The highest BCUT2D eigenvalue weighted by atomic mass is 16.5. The zero-order chi connectivity index (χ0) is 23.7. The minimum Gasteiger partial charge on any atom is -0.490 e. The van der Waals surface area contributed by atoms with Gasteiger partial charge in [-0.1, -0.05) is 89.1 Å². The van der Waals surface area contributed by atoms with Gasteiger partial charge in [-0.15, -0.1) is 0 Å². The van der Waals surface area contributed by atoms with E-state index in [2.05, 4.69) is 16.9 Å². The number of hydrogen-bond donors (Lipinski definition) is 0. The second-order valence-electron chi connectivity index (χ2n) is 8.49. The Morgan fingerprint density at radius 1 is 0.909 bits per heavy atom. The van der Waals surface area contributed by atoms with Crippen LogP contribution >= 0.6 is 0 Å². The van der Waals surface area contributed by atoms with Crippen LogP contribution in [0.25, 0.3) is 17.5 Å². The van der Waals surface area contributed by atoms with E-state index in [1.54, 1.807) is 12.4 Å². The number of carbonyl (C=O) groups is 1. The van der Waals surface area contributed by atoms with Gasteiger partial charge in [-0.25, -0.2) is 9.97 Å². The monoisotopic (exact) mass is 452 g/mol. The molecule has 1 aromatic carbocycles. The Kier molecular flexibility index (Phi) is 12.9. The van der Waals surface area contributed by atoms with Crippen LogP contribution in [0, 0.1) is 0 Å². The first kappa shape index (κ1) is 26.6. The number of rotatable bonds is 16. The minimum absolute atomic E-state index is 0.160. The van der Waals surface area contributed by atoms with Crippen LogP contribution in [0.3, 0.4) is 0 Å². The molecule has 2 aromatic rings. The van der Waals surface area contributed by atoms with Crippen molar-refractivity contribution >= 4 is 12.0 Å². The largest absolute Gasteiger partial charge is 0.490 e. The van der Waals surface area contributed by atoms with Crippen molar-refractivity contribution < 1.29 is 14.3 Å². The molecular formula is C28H40N2O3. The average Bonchev–Trinajstić information content (AvgIpc) is 2.82. The molecule has 1 atom stereocenters. The molecule has 0 amide bonds. The molecule has 0 aliphatic heterocycles. The maximum Gasteiger partial charge on any atom is 0.306 e. The van der Waals surface area contributed by atoms with Crippen molar-refractivity contribution in [3.8, 4) is 17.1 Å².